The Morgan fingerprint density at radius 3 is 2.47 bits per heavy atom. The number of aryl methyl sites for hydroxylation is 1. The van der Waals surface area contributed by atoms with E-state index < -0.39 is 0 Å². The van der Waals surface area contributed by atoms with Crippen molar-refractivity contribution in [2.75, 3.05) is 33.2 Å². The van der Waals surface area contributed by atoms with Crippen LogP contribution < -0.4 is 5.73 Å². The highest BCUT2D eigenvalue weighted by atomic mass is 15.3. The van der Waals surface area contributed by atoms with Gasteiger partial charge >= 0.3 is 0 Å². The second-order valence-electron chi connectivity index (χ2n) is 5.77. The van der Waals surface area contributed by atoms with Crippen molar-refractivity contribution < 1.29 is 0 Å². The van der Waals surface area contributed by atoms with Crippen molar-refractivity contribution in [3.8, 4) is 0 Å². The molecule has 2 unspecified atom stereocenters. The lowest BCUT2D eigenvalue weighted by atomic mass is 9.94. The van der Waals surface area contributed by atoms with Gasteiger partial charge in [0.2, 0.25) is 0 Å². The fourth-order valence-electron chi connectivity index (χ4n) is 2.91. The van der Waals surface area contributed by atoms with Gasteiger partial charge in [-0.2, -0.15) is 0 Å². The molecule has 0 radical (unpaired) electrons. The van der Waals surface area contributed by atoms with E-state index in [-0.39, 0.29) is 6.04 Å². The summed E-state index contributed by atoms with van der Waals surface area (Å²) in [6, 6.07) is 9.39. The smallest absolute Gasteiger partial charge is 0.0500 e. The summed E-state index contributed by atoms with van der Waals surface area (Å²) in [6.07, 6.45) is 1.02. The van der Waals surface area contributed by atoms with Gasteiger partial charge in [0, 0.05) is 38.3 Å². The summed E-state index contributed by atoms with van der Waals surface area (Å²) >= 11 is 0. The van der Waals surface area contributed by atoms with E-state index >= 15 is 0 Å². The Morgan fingerprint density at radius 2 is 1.89 bits per heavy atom. The minimum absolute atomic E-state index is 0.213. The number of piperazine rings is 1. The maximum Gasteiger partial charge on any atom is 0.0500 e. The summed E-state index contributed by atoms with van der Waals surface area (Å²) in [4.78, 5) is 4.95. The van der Waals surface area contributed by atoms with Gasteiger partial charge in [-0.15, -0.1) is 0 Å². The summed E-state index contributed by atoms with van der Waals surface area (Å²) in [6.45, 7) is 8.84. The van der Waals surface area contributed by atoms with E-state index in [2.05, 4.69) is 55.0 Å². The molecule has 1 fully saturated rings. The summed E-state index contributed by atoms with van der Waals surface area (Å²) in [5.41, 5.74) is 9.10. The van der Waals surface area contributed by atoms with Crippen LogP contribution in [0.5, 0.6) is 0 Å². The van der Waals surface area contributed by atoms with Crippen LogP contribution in [0.15, 0.2) is 24.3 Å². The van der Waals surface area contributed by atoms with Crippen molar-refractivity contribution in [3.63, 3.8) is 0 Å². The van der Waals surface area contributed by atoms with Gasteiger partial charge in [-0.05, 0) is 26.0 Å². The lowest BCUT2D eigenvalue weighted by molar-refractivity contribution is 0.0969. The van der Waals surface area contributed by atoms with Crippen LogP contribution in [-0.4, -0.2) is 49.1 Å². The normalized spacial score (nSPS) is 21.3. The van der Waals surface area contributed by atoms with Gasteiger partial charge in [-0.25, -0.2) is 0 Å². The quantitative estimate of drug-likeness (QED) is 0.900. The van der Waals surface area contributed by atoms with E-state index in [4.69, 9.17) is 5.73 Å². The minimum Gasteiger partial charge on any atom is -0.326 e. The Bertz CT molecular complexity index is 397. The SMILES string of the molecule is CCC(N)C(c1cccc(C)c1)N1CCN(C)CC1. The second-order valence-corrected chi connectivity index (χ2v) is 5.77. The third-order valence-electron chi connectivity index (χ3n) is 4.19. The molecule has 2 N–H and O–H groups in total. The molecule has 0 spiro atoms. The number of hydrogen-bond donors (Lipinski definition) is 1. The van der Waals surface area contributed by atoms with Crippen molar-refractivity contribution in [2.24, 2.45) is 5.73 Å². The fraction of sp³-hybridized carbons (Fsp3) is 0.625. The maximum atomic E-state index is 6.41. The Hall–Kier alpha value is -0.900. The number of benzene rings is 1. The van der Waals surface area contributed by atoms with Crippen LogP contribution in [0.25, 0.3) is 0 Å². The molecule has 0 amide bonds. The predicted molar refractivity (Wildman–Crippen MR) is 81.3 cm³/mol. The Balaban J connectivity index is 2.21. The molecule has 106 valence electrons. The molecule has 1 aliphatic rings. The molecule has 2 rings (SSSR count). The first-order valence-electron chi connectivity index (χ1n) is 7.36. The number of likely N-dealkylation sites (N-methyl/N-ethyl adjacent to an activating group) is 1. The molecule has 1 aliphatic heterocycles. The Labute approximate surface area is 117 Å². The van der Waals surface area contributed by atoms with Gasteiger partial charge in [-0.3, -0.25) is 4.90 Å². The molecular weight excluding hydrogens is 234 g/mol. The molecule has 2 atom stereocenters. The van der Waals surface area contributed by atoms with Crippen molar-refractivity contribution in [2.45, 2.75) is 32.4 Å². The largest absolute Gasteiger partial charge is 0.326 e. The van der Waals surface area contributed by atoms with Gasteiger partial charge in [0.05, 0.1) is 0 Å². The molecule has 0 aromatic heterocycles. The molecule has 3 nitrogen and oxygen atoms in total. The number of rotatable bonds is 4. The molecule has 1 heterocycles. The zero-order valence-electron chi connectivity index (χ0n) is 12.5. The first-order chi connectivity index (χ1) is 9.11. The average molecular weight is 261 g/mol. The Morgan fingerprint density at radius 1 is 1.21 bits per heavy atom. The highest BCUT2D eigenvalue weighted by Gasteiger charge is 2.27. The Kier molecular flexibility index (Phi) is 4.97. The molecule has 0 bridgehead atoms. The third-order valence-corrected chi connectivity index (χ3v) is 4.19. The van der Waals surface area contributed by atoms with Crippen molar-refractivity contribution >= 4 is 0 Å². The molecule has 3 heteroatoms. The zero-order valence-corrected chi connectivity index (χ0v) is 12.5. The van der Waals surface area contributed by atoms with Gasteiger partial charge in [0.25, 0.3) is 0 Å². The zero-order chi connectivity index (χ0) is 13.8. The van der Waals surface area contributed by atoms with E-state index in [1.807, 2.05) is 0 Å². The van der Waals surface area contributed by atoms with Crippen LogP contribution in [0.2, 0.25) is 0 Å². The van der Waals surface area contributed by atoms with Crippen molar-refractivity contribution in [3.05, 3.63) is 35.4 Å². The van der Waals surface area contributed by atoms with Crippen molar-refractivity contribution in [1.29, 1.82) is 0 Å². The van der Waals surface area contributed by atoms with Crippen LogP contribution in [-0.2, 0) is 0 Å². The predicted octanol–water partition coefficient (Wildman–Crippen LogP) is 2.02. The van der Waals surface area contributed by atoms with Crippen LogP contribution in [0.4, 0.5) is 0 Å². The van der Waals surface area contributed by atoms with E-state index in [0.717, 1.165) is 32.6 Å². The summed E-state index contributed by atoms with van der Waals surface area (Å²) in [5.74, 6) is 0. The van der Waals surface area contributed by atoms with E-state index in [1.165, 1.54) is 11.1 Å². The molecule has 1 aromatic carbocycles. The third kappa shape index (κ3) is 3.56. The topological polar surface area (TPSA) is 32.5 Å². The summed E-state index contributed by atoms with van der Waals surface area (Å²) < 4.78 is 0. The fourth-order valence-corrected chi connectivity index (χ4v) is 2.91. The van der Waals surface area contributed by atoms with Gasteiger partial charge < -0.3 is 10.6 Å². The first-order valence-corrected chi connectivity index (χ1v) is 7.36. The molecular formula is C16H27N3. The lowest BCUT2D eigenvalue weighted by Gasteiger charge is -2.40. The number of nitrogens with zero attached hydrogens (tertiary/aromatic N) is 2. The number of hydrogen-bond acceptors (Lipinski definition) is 3. The average Bonchev–Trinajstić information content (AvgIpc) is 2.41. The lowest BCUT2D eigenvalue weighted by Crippen LogP contribution is -2.50. The van der Waals surface area contributed by atoms with Crippen LogP contribution >= 0.6 is 0 Å². The van der Waals surface area contributed by atoms with Gasteiger partial charge in [0.1, 0.15) is 0 Å². The minimum atomic E-state index is 0.213. The molecule has 0 aliphatic carbocycles. The van der Waals surface area contributed by atoms with E-state index in [9.17, 15) is 0 Å². The van der Waals surface area contributed by atoms with Crippen LogP contribution in [0, 0.1) is 6.92 Å². The maximum absolute atomic E-state index is 6.41. The molecule has 0 saturated carbocycles. The van der Waals surface area contributed by atoms with Crippen LogP contribution in [0.3, 0.4) is 0 Å². The second kappa shape index (κ2) is 6.51. The first kappa shape index (κ1) is 14.5. The van der Waals surface area contributed by atoms with Crippen molar-refractivity contribution in [1.82, 2.24) is 9.80 Å². The van der Waals surface area contributed by atoms with Gasteiger partial charge in [0.15, 0.2) is 0 Å². The number of nitrogens with two attached hydrogens (primary N) is 1. The summed E-state index contributed by atoms with van der Waals surface area (Å²) in [7, 11) is 2.19. The highest BCUT2D eigenvalue weighted by Crippen LogP contribution is 2.26. The monoisotopic (exact) mass is 261 g/mol. The molecule has 1 aromatic rings. The van der Waals surface area contributed by atoms with E-state index in [0.29, 0.717) is 6.04 Å². The van der Waals surface area contributed by atoms with Gasteiger partial charge in [-0.1, -0.05) is 36.8 Å². The molecule has 1 saturated heterocycles. The molecule has 19 heavy (non-hydrogen) atoms. The van der Waals surface area contributed by atoms with E-state index in [1.54, 1.807) is 0 Å². The summed E-state index contributed by atoms with van der Waals surface area (Å²) in [5, 5.41) is 0. The highest BCUT2D eigenvalue weighted by molar-refractivity contribution is 5.26. The van der Waals surface area contributed by atoms with Crippen LogP contribution in [0.1, 0.15) is 30.5 Å². The standard InChI is InChI=1S/C16H27N3/c1-4-15(17)16(14-7-5-6-13(2)12-14)19-10-8-18(3)9-11-19/h5-7,12,15-16H,4,8-11,17H2,1-3H3.